The summed E-state index contributed by atoms with van der Waals surface area (Å²) in [5.41, 5.74) is 0.947. The number of carbonyl (C=O) groups is 2. The Morgan fingerprint density at radius 2 is 1.75 bits per heavy atom. The van der Waals surface area contributed by atoms with E-state index in [1.807, 2.05) is 24.3 Å². The fourth-order valence-corrected chi connectivity index (χ4v) is 3.14. The number of esters is 1. The quantitative estimate of drug-likeness (QED) is 0.401. The summed E-state index contributed by atoms with van der Waals surface area (Å²) >= 11 is 0. The van der Waals surface area contributed by atoms with Crippen molar-refractivity contribution in [2.45, 2.75) is 19.2 Å². The molecule has 0 fully saturated rings. The van der Waals surface area contributed by atoms with E-state index >= 15 is 0 Å². The molecule has 0 heterocycles. The van der Waals surface area contributed by atoms with Gasteiger partial charge in [0.15, 0.2) is 6.29 Å². The molecular formula is C24H19F3O5. The third-order valence-corrected chi connectivity index (χ3v) is 4.82. The zero-order valence-electron chi connectivity index (χ0n) is 17.0. The van der Waals surface area contributed by atoms with E-state index in [0.717, 1.165) is 22.8 Å². The van der Waals surface area contributed by atoms with Gasteiger partial charge in [-0.3, -0.25) is 9.59 Å². The molecule has 0 aromatic heterocycles. The number of carbonyl (C=O) groups excluding carboxylic acids is 2. The Hall–Kier alpha value is -3.81. The Balaban J connectivity index is 1.74. The van der Waals surface area contributed by atoms with Crippen molar-refractivity contribution in [3.05, 3.63) is 82.9 Å². The molecule has 32 heavy (non-hydrogen) atoms. The van der Waals surface area contributed by atoms with Gasteiger partial charge in [0.2, 0.25) is 0 Å². The van der Waals surface area contributed by atoms with Crippen LogP contribution in [0.5, 0.6) is 11.5 Å². The largest absolute Gasteiger partial charge is 0.507 e. The minimum absolute atomic E-state index is 0.130. The molecule has 5 nitrogen and oxygen atoms in total. The summed E-state index contributed by atoms with van der Waals surface area (Å²) in [7, 11) is 1.33. The lowest BCUT2D eigenvalue weighted by Crippen LogP contribution is -2.09. The van der Waals surface area contributed by atoms with Gasteiger partial charge >= 0.3 is 12.1 Å². The first-order valence-electron chi connectivity index (χ1n) is 9.49. The summed E-state index contributed by atoms with van der Waals surface area (Å²) in [4.78, 5) is 22.7. The zero-order valence-corrected chi connectivity index (χ0v) is 17.0. The Bertz CT molecular complexity index is 1120. The van der Waals surface area contributed by atoms with Gasteiger partial charge in [0.25, 0.3) is 0 Å². The number of ether oxygens (including phenoxy) is 2. The van der Waals surface area contributed by atoms with Crippen molar-refractivity contribution in [3.8, 4) is 22.6 Å². The number of halogens is 3. The van der Waals surface area contributed by atoms with Crippen LogP contribution in [0, 0.1) is 0 Å². The van der Waals surface area contributed by atoms with E-state index in [1.54, 1.807) is 24.3 Å². The van der Waals surface area contributed by atoms with Crippen LogP contribution in [0.2, 0.25) is 0 Å². The molecule has 0 unspecified atom stereocenters. The van der Waals surface area contributed by atoms with E-state index in [1.165, 1.54) is 7.11 Å². The highest BCUT2D eigenvalue weighted by atomic mass is 19.4. The van der Waals surface area contributed by atoms with Crippen LogP contribution >= 0.6 is 0 Å². The monoisotopic (exact) mass is 444 g/mol. The van der Waals surface area contributed by atoms with E-state index in [9.17, 15) is 27.9 Å². The lowest BCUT2D eigenvalue weighted by Gasteiger charge is -2.14. The molecule has 0 amide bonds. The number of hydrogen-bond acceptors (Lipinski definition) is 5. The van der Waals surface area contributed by atoms with E-state index in [4.69, 9.17) is 4.74 Å². The molecule has 0 aliphatic rings. The van der Waals surface area contributed by atoms with Crippen LogP contribution < -0.4 is 4.74 Å². The smallest absolute Gasteiger partial charge is 0.419 e. The van der Waals surface area contributed by atoms with Gasteiger partial charge < -0.3 is 14.6 Å². The number of hydrogen-bond donors (Lipinski definition) is 1. The number of rotatable bonds is 7. The Morgan fingerprint density at radius 1 is 1.03 bits per heavy atom. The first-order chi connectivity index (χ1) is 15.2. The Kier molecular flexibility index (Phi) is 6.82. The summed E-state index contributed by atoms with van der Waals surface area (Å²) in [5.74, 6) is -1.03. The zero-order chi connectivity index (χ0) is 23.3. The SMILES string of the molecule is COC(=O)Cc1cccc(-c2ccc(OCc3ccc(C(F)(F)F)c(O)c3C=O)cc2)c1. The molecule has 0 saturated heterocycles. The van der Waals surface area contributed by atoms with Crippen molar-refractivity contribution in [1.29, 1.82) is 0 Å². The predicted molar refractivity (Wildman–Crippen MR) is 110 cm³/mol. The van der Waals surface area contributed by atoms with Gasteiger partial charge in [0.1, 0.15) is 18.1 Å². The fourth-order valence-electron chi connectivity index (χ4n) is 3.14. The Morgan fingerprint density at radius 3 is 2.38 bits per heavy atom. The van der Waals surface area contributed by atoms with E-state index in [2.05, 4.69) is 4.74 Å². The Labute approximate surface area is 182 Å². The fraction of sp³-hybridized carbons (Fsp3) is 0.167. The number of phenols is 1. The molecule has 166 valence electrons. The van der Waals surface area contributed by atoms with Crippen LogP contribution in [-0.2, 0) is 28.7 Å². The maximum atomic E-state index is 12.9. The first-order valence-corrected chi connectivity index (χ1v) is 9.49. The van der Waals surface area contributed by atoms with Crippen LogP contribution in [-0.4, -0.2) is 24.5 Å². The third kappa shape index (κ3) is 5.26. The van der Waals surface area contributed by atoms with Gasteiger partial charge in [-0.2, -0.15) is 13.2 Å². The van der Waals surface area contributed by atoms with Crippen molar-refractivity contribution in [1.82, 2.24) is 0 Å². The van der Waals surface area contributed by atoms with Crippen molar-refractivity contribution < 1.29 is 37.3 Å². The number of methoxy groups -OCH3 is 1. The van der Waals surface area contributed by atoms with Crippen LogP contribution in [0.15, 0.2) is 60.7 Å². The van der Waals surface area contributed by atoms with Gasteiger partial charge in [0, 0.05) is 5.56 Å². The topological polar surface area (TPSA) is 72.8 Å². The highest BCUT2D eigenvalue weighted by molar-refractivity contribution is 5.82. The number of phenolic OH excluding ortho intramolecular Hbond substituents is 1. The second-order valence-electron chi connectivity index (χ2n) is 6.92. The van der Waals surface area contributed by atoms with Crippen LogP contribution in [0.1, 0.15) is 27.0 Å². The standard InChI is InChI=1S/C24H19F3O5/c1-31-22(29)12-15-3-2-4-17(11-15)16-5-8-19(9-6-16)32-14-18-7-10-21(24(25,26)27)23(30)20(18)13-28/h2-11,13,30H,12,14H2,1H3. The van der Waals surface area contributed by atoms with Crippen molar-refractivity contribution in [2.24, 2.45) is 0 Å². The van der Waals surface area contributed by atoms with Gasteiger partial charge in [-0.1, -0.05) is 42.5 Å². The van der Waals surface area contributed by atoms with Crippen LogP contribution in [0.3, 0.4) is 0 Å². The van der Waals surface area contributed by atoms with Gasteiger partial charge in [-0.05, 0) is 34.9 Å². The third-order valence-electron chi connectivity index (χ3n) is 4.82. The van der Waals surface area contributed by atoms with Gasteiger partial charge in [-0.15, -0.1) is 0 Å². The molecular weight excluding hydrogens is 425 g/mol. The molecule has 0 saturated carbocycles. The molecule has 3 aromatic rings. The summed E-state index contributed by atoms with van der Waals surface area (Å²) in [6.07, 6.45) is -4.44. The molecule has 0 spiro atoms. The second-order valence-corrected chi connectivity index (χ2v) is 6.92. The summed E-state index contributed by atoms with van der Waals surface area (Å²) in [6.45, 7) is -0.201. The van der Waals surface area contributed by atoms with Gasteiger partial charge in [-0.25, -0.2) is 0 Å². The summed E-state index contributed by atoms with van der Waals surface area (Å²) < 4.78 is 49.0. The predicted octanol–water partition coefficient (Wildman–Crippen LogP) is 5.19. The highest BCUT2D eigenvalue weighted by Gasteiger charge is 2.35. The lowest BCUT2D eigenvalue weighted by atomic mass is 10.0. The highest BCUT2D eigenvalue weighted by Crippen LogP contribution is 2.38. The molecule has 1 N–H and O–H groups in total. The van der Waals surface area contributed by atoms with Crippen LogP contribution in [0.25, 0.3) is 11.1 Å². The van der Waals surface area contributed by atoms with Crippen molar-refractivity contribution >= 4 is 12.3 Å². The van der Waals surface area contributed by atoms with E-state index in [0.29, 0.717) is 11.8 Å². The van der Waals surface area contributed by atoms with E-state index < -0.39 is 23.1 Å². The molecule has 3 rings (SSSR count). The molecule has 0 bridgehead atoms. The molecule has 8 heteroatoms. The normalized spacial score (nSPS) is 11.1. The van der Waals surface area contributed by atoms with Crippen molar-refractivity contribution in [3.63, 3.8) is 0 Å². The van der Waals surface area contributed by atoms with Crippen LogP contribution in [0.4, 0.5) is 13.2 Å². The molecule has 0 atom stereocenters. The average Bonchev–Trinajstić information content (AvgIpc) is 2.77. The molecule has 0 aliphatic heterocycles. The minimum atomic E-state index is -4.77. The summed E-state index contributed by atoms with van der Waals surface area (Å²) in [5, 5.41) is 9.82. The van der Waals surface area contributed by atoms with E-state index in [-0.39, 0.29) is 30.8 Å². The van der Waals surface area contributed by atoms with Crippen molar-refractivity contribution in [2.75, 3.05) is 7.11 Å². The molecule has 0 aliphatic carbocycles. The number of aldehydes is 1. The first kappa shape index (κ1) is 22.9. The minimum Gasteiger partial charge on any atom is -0.507 e. The second kappa shape index (κ2) is 9.55. The summed E-state index contributed by atoms with van der Waals surface area (Å²) in [6, 6.07) is 16.2. The van der Waals surface area contributed by atoms with Gasteiger partial charge in [0.05, 0.1) is 24.7 Å². The number of alkyl halides is 3. The molecule has 3 aromatic carbocycles. The average molecular weight is 444 g/mol. The molecule has 0 radical (unpaired) electrons. The lowest BCUT2D eigenvalue weighted by molar-refractivity contribution is -0.140. The number of benzene rings is 3. The maximum Gasteiger partial charge on any atom is 0.419 e. The number of aromatic hydroxyl groups is 1. The maximum absolute atomic E-state index is 12.9.